The first kappa shape index (κ1) is 15.4. The predicted octanol–water partition coefficient (Wildman–Crippen LogP) is 1.13. The van der Waals surface area contributed by atoms with E-state index in [4.69, 9.17) is 10.5 Å². The molecule has 0 unspecified atom stereocenters. The highest BCUT2D eigenvalue weighted by Crippen LogP contribution is 2.22. The van der Waals surface area contributed by atoms with Gasteiger partial charge in [-0.2, -0.15) is 0 Å². The standard InChI is InChI=1S/C14H22N2O3S/c1-14(6-8-19-9-7-14)16-20(17,18)11-13-5-3-2-4-12(13)10-15/h2-5,16H,6-11,15H2,1H3. The lowest BCUT2D eigenvalue weighted by Crippen LogP contribution is -2.49. The summed E-state index contributed by atoms with van der Waals surface area (Å²) in [4.78, 5) is 0. The normalized spacial score (nSPS) is 18.9. The van der Waals surface area contributed by atoms with Gasteiger partial charge in [0.15, 0.2) is 0 Å². The molecule has 0 amide bonds. The number of rotatable bonds is 5. The van der Waals surface area contributed by atoms with Gasteiger partial charge in [-0.15, -0.1) is 0 Å². The third-order valence-corrected chi connectivity index (χ3v) is 5.18. The topological polar surface area (TPSA) is 81.4 Å². The SMILES string of the molecule is CC1(NS(=O)(=O)Cc2ccccc2CN)CCOCC1. The Hall–Kier alpha value is -0.950. The van der Waals surface area contributed by atoms with Gasteiger partial charge in [-0.3, -0.25) is 0 Å². The van der Waals surface area contributed by atoms with Crippen molar-refractivity contribution in [1.29, 1.82) is 0 Å². The van der Waals surface area contributed by atoms with Crippen molar-refractivity contribution >= 4 is 10.0 Å². The molecule has 1 aliphatic rings. The molecule has 5 nitrogen and oxygen atoms in total. The molecule has 1 aromatic rings. The molecule has 20 heavy (non-hydrogen) atoms. The summed E-state index contributed by atoms with van der Waals surface area (Å²) < 4.78 is 32.8. The van der Waals surface area contributed by atoms with Gasteiger partial charge in [0, 0.05) is 25.3 Å². The molecule has 0 radical (unpaired) electrons. The van der Waals surface area contributed by atoms with Gasteiger partial charge < -0.3 is 10.5 Å². The molecule has 0 spiro atoms. The zero-order chi connectivity index (χ0) is 14.6. The highest BCUT2D eigenvalue weighted by Gasteiger charge is 2.31. The molecular weight excluding hydrogens is 276 g/mol. The van der Waals surface area contributed by atoms with E-state index in [1.165, 1.54) is 0 Å². The van der Waals surface area contributed by atoms with Crippen molar-refractivity contribution in [3.63, 3.8) is 0 Å². The first-order valence-corrected chi connectivity index (χ1v) is 8.46. The first-order chi connectivity index (χ1) is 9.44. The Morgan fingerprint density at radius 3 is 2.45 bits per heavy atom. The van der Waals surface area contributed by atoms with Gasteiger partial charge in [-0.05, 0) is 30.9 Å². The van der Waals surface area contributed by atoms with Crippen LogP contribution in [0.5, 0.6) is 0 Å². The van der Waals surface area contributed by atoms with E-state index >= 15 is 0 Å². The fourth-order valence-electron chi connectivity index (χ4n) is 2.44. The largest absolute Gasteiger partial charge is 0.381 e. The van der Waals surface area contributed by atoms with E-state index in [0.717, 1.165) is 11.1 Å². The number of hydrogen-bond acceptors (Lipinski definition) is 4. The summed E-state index contributed by atoms with van der Waals surface area (Å²) in [5, 5.41) is 0. The van der Waals surface area contributed by atoms with Gasteiger partial charge in [0.25, 0.3) is 0 Å². The smallest absolute Gasteiger partial charge is 0.216 e. The molecule has 1 saturated heterocycles. The maximum atomic E-state index is 12.3. The number of hydrogen-bond donors (Lipinski definition) is 2. The lowest BCUT2D eigenvalue weighted by atomic mass is 9.94. The molecule has 1 aromatic carbocycles. The molecule has 0 aliphatic carbocycles. The van der Waals surface area contributed by atoms with Crippen molar-refractivity contribution < 1.29 is 13.2 Å². The van der Waals surface area contributed by atoms with Crippen LogP contribution in [0.2, 0.25) is 0 Å². The van der Waals surface area contributed by atoms with Gasteiger partial charge in [-0.25, -0.2) is 13.1 Å². The summed E-state index contributed by atoms with van der Waals surface area (Å²) in [6.07, 6.45) is 1.40. The average Bonchev–Trinajstić information content (AvgIpc) is 2.38. The second kappa shape index (κ2) is 6.22. The molecule has 0 atom stereocenters. The minimum Gasteiger partial charge on any atom is -0.381 e. The second-order valence-electron chi connectivity index (χ2n) is 5.51. The molecule has 0 saturated carbocycles. The lowest BCUT2D eigenvalue weighted by Gasteiger charge is -2.34. The van der Waals surface area contributed by atoms with Crippen LogP contribution in [0.1, 0.15) is 30.9 Å². The van der Waals surface area contributed by atoms with E-state index in [2.05, 4.69) is 4.72 Å². The van der Waals surface area contributed by atoms with Crippen LogP contribution in [-0.2, 0) is 27.1 Å². The van der Waals surface area contributed by atoms with E-state index < -0.39 is 15.6 Å². The van der Waals surface area contributed by atoms with E-state index in [-0.39, 0.29) is 5.75 Å². The first-order valence-electron chi connectivity index (χ1n) is 6.80. The van der Waals surface area contributed by atoms with Crippen LogP contribution in [0.3, 0.4) is 0 Å². The highest BCUT2D eigenvalue weighted by molar-refractivity contribution is 7.88. The average molecular weight is 298 g/mol. The number of ether oxygens (including phenoxy) is 1. The number of benzene rings is 1. The van der Waals surface area contributed by atoms with Crippen molar-refractivity contribution in [2.45, 2.75) is 37.6 Å². The Bertz CT molecular complexity index is 551. The minimum absolute atomic E-state index is 0.0309. The maximum Gasteiger partial charge on any atom is 0.216 e. The van der Waals surface area contributed by atoms with Crippen LogP contribution >= 0.6 is 0 Å². The Kier molecular flexibility index (Phi) is 4.80. The van der Waals surface area contributed by atoms with Crippen molar-refractivity contribution in [2.75, 3.05) is 13.2 Å². The van der Waals surface area contributed by atoms with E-state index in [0.29, 0.717) is 32.6 Å². The number of sulfonamides is 1. The molecule has 0 bridgehead atoms. The molecule has 1 fully saturated rings. The lowest BCUT2D eigenvalue weighted by molar-refractivity contribution is 0.0537. The molecular formula is C14H22N2O3S. The fourth-order valence-corrected chi connectivity index (χ4v) is 4.16. The van der Waals surface area contributed by atoms with Gasteiger partial charge in [0.05, 0.1) is 5.75 Å². The van der Waals surface area contributed by atoms with Gasteiger partial charge in [0.2, 0.25) is 10.0 Å². The van der Waals surface area contributed by atoms with Crippen LogP contribution in [0.25, 0.3) is 0 Å². The fraction of sp³-hybridized carbons (Fsp3) is 0.571. The number of nitrogens with two attached hydrogens (primary N) is 1. The van der Waals surface area contributed by atoms with E-state index in [9.17, 15) is 8.42 Å². The summed E-state index contributed by atoms with van der Waals surface area (Å²) in [5.74, 6) is -0.0309. The molecule has 0 aromatic heterocycles. The van der Waals surface area contributed by atoms with Gasteiger partial charge >= 0.3 is 0 Å². The van der Waals surface area contributed by atoms with Crippen molar-refractivity contribution in [3.05, 3.63) is 35.4 Å². The third kappa shape index (κ3) is 4.02. The highest BCUT2D eigenvalue weighted by atomic mass is 32.2. The van der Waals surface area contributed by atoms with Crippen LogP contribution < -0.4 is 10.5 Å². The summed E-state index contributed by atoms with van der Waals surface area (Å²) in [5.41, 5.74) is 6.87. The van der Waals surface area contributed by atoms with E-state index in [1.807, 2.05) is 31.2 Å². The van der Waals surface area contributed by atoms with Crippen LogP contribution in [-0.4, -0.2) is 27.2 Å². The van der Waals surface area contributed by atoms with Crippen LogP contribution in [0, 0.1) is 0 Å². The molecule has 3 N–H and O–H groups in total. The Morgan fingerprint density at radius 2 is 1.85 bits per heavy atom. The molecule has 112 valence electrons. The molecule has 1 aliphatic heterocycles. The Morgan fingerprint density at radius 1 is 1.25 bits per heavy atom. The minimum atomic E-state index is -3.39. The summed E-state index contributed by atoms with van der Waals surface area (Å²) in [7, 11) is -3.39. The molecule has 1 heterocycles. The summed E-state index contributed by atoms with van der Waals surface area (Å²) in [6, 6.07) is 7.38. The predicted molar refractivity (Wildman–Crippen MR) is 78.6 cm³/mol. The van der Waals surface area contributed by atoms with Gasteiger partial charge in [-0.1, -0.05) is 24.3 Å². The Labute approximate surface area is 120 Å². The van der Waals surface area contributed by atoms with Gasteiger partial charge in [0.1, 0.15) is 0 Å². The van der Waals surface area contributed by atoms with Crippen molar-refractivity contribution in [3.8, 4) is 0 Å². The third-order valence-electron chi connectivity index (χ3n) is 3.68. The quantitative estimate of drug-likeness (QED) is 0.854. The Balaban J connectivity index is 2.11. The number of nitrogens with one attached hydrogen (secondary N) is 1. The zero-order valence-electron chi connectivity index (χ0n) is 11.8. The van der Waals surface area contributed by atoms with Crippen LogP contribution in [0.15, 0.2) is 24.3 Å². The molecule has 2 rings (SSSR count). The summed E-state index contributed by atoms with van der Waals surface area (Å²) >= 11 is 0. The van der Waals surface area contributed by atoms with Crippen molar-refractivity contribution in [2.24, 2.45) is 5.73 Å². The second-order valence-corrected chi connectivity index (χ2v) is 7.23. The monoisotopic (exact) mass is 298 g/mol. The van der Waals surface area contributed by atoms with E-state index in [1.54, 1.807) is 0 Å². The van der Waals surface area contributed by atoms with Crippen LogP contribution in [0.4, 0.5) is 0 Å². The van der Waals surface area contributed by atoms with Crippen molar-refractivity contribution in [1.82, 2.24) is 4.72 Å². The summed E-state index contributed by atoms with van der Waals surface area (Å²) in [6.45, 7) is 3.47. The zero-order valence-corrected chi connectivity index (χ0v) is 12.6. The molecule has 6 heteroatoms. The maximum absolute atomic E-state index is 12.3.